The number of urea groups is 1. The average Bonchev–Trinajstić information content (AvgIpc) is 2.78. The molecule has 0 aliphatic rings. The molecule has 0 radical (unpaired) electrons. The Morgan fingerprint density at radius 2 is 1.97 bits per heavy atom. The molecule has 0 bridgehead atoms. The summed E-state index contributed by atoms with van der Waals surface area (Å²) in [6.07, 6.45) is 1.36. The predicted octanol–water partition coefficient (Wildman–Crippen LogP) is 0.937. The second-order valence-corrected chi connectivity index (χ2v) is 7.84. The van der Waals surface area contributed by atoms with Crippen LogP contribution in [-0.4, -0.2) is 55.8 Å². The zero-order valence-corrected chi connectivity index (χ0v) is 19.0. The molecule has 0 unspecified atom stereocenters. The second kappa shape index (κ2) is 11.3. The summed E-state index contributed by atoms with van der Waals surface area (Å²) in [5, 5.41) is 14.8. The number of sulfonamides is 1. The van der Waals surface area contributed by atoms with Crippen molar-refractivity contribution in [2.45, 2.75) is 18.7 Å². The van der Waals surface area contributed by atoms with E-state index in [0.717, 1.165) is 19.2 Å². The smallest absolute Gasteiger partial charge is 0.369 e. The van der Waals surface area contributed by atoms with Crippen molar-refractivity contribution >= 4 is 45.3 Å². The van der Waals surface area contributed by atoms with Crippen molar-refractivity contribution in [2.24, 2.45) is 5.10 Å². The molecule has 15 heteroatoms. The Hall–Kier alpha value is -4.58. The molecule has 1 aromatic heterocycles. The van der Waals surface area contributed by atoms with E-state index < -0.39 is 44.2 Å². The summed E-state index contributed by atoms with van der Waals surface area (Å²) in [5.41, 5.74) is 1.80. The number of anilines is 2. The average molecular weight is 489 g/mol. The van der Waals surface area contributed by atoms with E-state index in [9.17, 15) is 22.8 Å². The highest BCUT2D eigenvalue weighted by Crippen LogP contribution is 2.22. The SMILES string of the molecule is CCOC(=O)/C(C#N)=N/Nc1ccc(C(=O)OC)c(S(=O)(=O)NC(=O)Nc2nccc(C)n2)c1. The molecule has 0 spiro atoms. The molecule has 2 aromatic rings. The van der Waals surface area contributed by atoms with Crippen LogP contribution in [0.3, 0.4) is 0 Å². The maximum Gasteiger partial charge on any atom is 0.369 e. The van der Waals surface area contributed by atoms with Gasteiger partial charge >= 0.3 is 18.0 Å². The van der Waals surface area contributed by atoms with E-state index in [0.29, 0.717) is 5.69 Å². The van der Waals surface area contributed by atoms with Crippen molar-refractivity contribution < 1.29 is 32.3 Å². The number of carbonyl (C=O) groups excluding carboxylic acids is 3. The normalized spacial score (nSPS) is 11.1. The van der Waals surface area contributed by atoms with Gasteiger partial charge in [0.2, 0.25) is 11.7 Å². The quantitative estimate of drug-likeness (QED) is 0.270. The van der Waals surface area contributed by atoms with Gasteiger partial charge in [0.1, 0.15) is 11.0 Å². The van der Waals surface area contributed by atoms with Crippen LogP contribution in [0.1, 0.15) is 23.0 Å². The third kappa shape index (κ3) is 6.71. The molecule has 0 aliphatic heterocycles. The zero-order chi connectivity index (χ0) is 25.3. The van der Waals surface area contributed by atoms with Crippen LogP contribution in [0.25, 0.3) is 0 Å². The highest BCUT2D eigenvalue weighted by Gasteiger charge is 2.26. The van der Waals surface area contributed by atoms with Crippen LogP contribution in [0.2, 0.25) is 0 Å². The lowest BCUT2D eigenvalue weighted by atomic mass is 10.2. The number of hydrazone groups is 1. The van der Waals surface area contributed by atoms with Gasteiger partial charge in [0.15, 0.2) is 0 Å². The first kappa shape index (κ1) is 25.7. The lowest BCUT2D eigenvalue weighted by molar-refractivity contribution is -0.134. The predicted molar refractivity (Wildman–Crippen MR) is 117 cm³/mol. The molecule has 34 heavy (non-hydrogen) atoms. The number of nitrogens with one attached hydrogen (secondary N) is 3. The monoisotopic (exact) mass is 489 g/mol. The summed E-state index contributed by atoms with van der Waals surface area (Å²) in [6, 6.07) is 5.21. The van der Waals surface area contributed by atoms with Crippen molar-refractivity contribution in [3.8, 4) is 6.07 Å². The molecule has 2 rings (SSSR count). The van der Waals surface area contributed by atoms with E-state index >= 15 is 0 Å². The zero-order valence-electron chi connectivity index (χ0n) is 18.1. The van der Waals surface area contributed by atoms with Crippen LogP contribution < -0.4 is 15.5 Å². The number of hydrogen-bond donors (Lipinski definition) is 3. The number of rotatable bonds is 8. The number of benzene rings is 1. The van der Waals surface area contributed by atoms with Gasteiger partial charge in [0.05, 0.1) is 25.0 Å². The first-order valence-electron chi connectivity index (χ1n) is 9.38. The van der Waals surface area contributed by atoms with Crippen molar-refractivity contribution in [3.05, 3.63) is 41.7 Å². The Morgan fingerprint density at radius 1 is 1.24 bits per heavy atom. The lowest BCUT2D eigenvalue weighted by Gasteiger charge is -2.12. The Morgan fingerprint density at radius 3 is 2.59 bits per heavy atom. The molecule has 0 aliphatic carbocycles. The number of aromatic nitrogens is 2. The van der Waals surface area contributed by atoms with Crippen LogP contribution in [0.4, 0.5) is 16.4 Å². The molecular weight excluding hydrogens is 470 g/mol. The number of hydrogen-bond acceptors (Lipinski definition) is 12. The highest BCUT2D eigenvalue weighted by atomic mass is 32.2. The summed E-state index contributed by atoms with van der Waals surface area (Å²) in [6.45, 7) is 3.19. The number of amides is 2. The Balaban J connectivity index is 2.36. The van der Waals surface area contributed by atoms with Crippen LogP contribution in [0.15, 0.2) is 40.5 Å². The third-order valence-electron chi connectivity index (χ3n) is 3.80. The molecule has 0 fully saturated rings. The standard InChI is InChI=1S/C19H19N7O7S/c1-4-33-17(28)14(10-20)25-24-12-5-6-13(16(27)32-3)15(9-12)34(30,31)26-19(29)23-18-21-8-7-11(2)22-18/h5-9,24H,4H2,1-3H3,(H2,21,22,23,26,29)/b25-14+. The number of ether oxygens (including phenoxy) is 2. The fraction of sp³-hybridized carbons (Fsp3) is 0.211. The molecule has 178 valence electrons. The molecular formula is C19H19N7O7S. The summed E-state index contributed by atoms with van der Waals surface area (Å²) in [7, 11) is -3.59. The Kier molecular flexibility index (Phi) is 8.56. The van der Waals surface area contributed by atoms with Crippen molar-refractivity contribution in [3.63, 3.8) is 0 Å². The van der Waals surface area contributed by atoms with Gasteiger partial charge in [-0.05, 0) is 38.1 Å². The molecule has 2 amide bonds. The van der Waals surface area contributed by atoms with Gasteiger partial charge in [-0.25, -0.2) is 37.5 Å². The number of aryl methyl sites for hydroxylation is 1. The number of nitriles is 1. The number of nitrogens with zero attached hydrogens (tertiary/aromatic N) is 4. The second-order valence-electron chi connectivity index (χ2n) is 6.19. The maximum atomic E-state index is 12.9. The van der Waals surface area contributed by atoms with Crippen LogP contribution in [0, 0.1) is 18.3 Å². The van der Waals surface area contributed by atoms with Gasteiger partial charge in [-0.15, -0.1) is 0 Å². The number of esters is 2. The van der Waals surface area contributed by atoms with E-state index in [-0.39, 0.29) is 18.2 Å². The van der Waals surface area contributed by atoms with E-state index in [1.807, 2.05) is 0 Å². The topological polar surface area (TPSA) is 202 Å². The lowest BCUT2D eigenvalue weighted by Crippen LogP contribution is -2.35. The molecule has 3 N–H and O–H groups in total. The minimum atomic E-state index is -4.63. The summed E-state index contributed by atoms with van der Waals surface area (Å²) in [5.74, 6) is -2.14. The first-order chi connectivity index (χ1) is 16.1. The summed E-state index contributed by atoms with van der Waals surface area (Å²) in [4.78, 5) is 43.0. The van der Waals surface area contributed by atoms with Gasteiger partial charge in [-0.3, -0.25) is 10.7 Å². The molecule has 0 atom stereocenters. The van der Waals surface area contributed by atoms with Gasteiger partial charge < -0.3 is 9.47 Å². The molecule has 0 saturated carbocycles. The number of methoxy groups -OCH3 is 1. The fourth-order valence-electron chi connectivity index (χ4n) is 2.34. The third-order valence-corrected chi connectivity index (χ3v) is 5.17. The van der Waals surface area contributed by atoms with Gasteiger partial charge in [0.25, 0.3) is 10.0 Å². The summed E-state index contributed by atoms with van der Waals surface area (Å²) < 4.78 is 36.8. The summed E-state index contributed by atoms with van der Waals surface area (Å²) >= 11 is 0. The fourth-order valence-corrected chi connectivity index (χ4v) is 3.47. The molecule has 0 saturated heterocycles. The maximum absolute atomic E-state index is 12.9. The van der Waals surface area contributed by atoms with Gasteiger partial charge in [-0.1, -0.05) is 0 Å². The minimum absolute atomic E-state index is 0.0110. The van der Waals surface area contributed by atoms with Gasteiger partial charge in [0, 0.05) is 11.9 Å². The largest absolute Gasteiger partial charge is 0.465 e. The van der Waals surface area contributed by atoms with E-state index in [4.69, 9.17) is 5.26 Å². The molecule has 1 aromatic carbocycles. The molecule has 1 heterocycles. The highest BCUT2D eigenvalue weighted by molar-refractivity contribution is 7.90. The number of carbonyl (C=O) groups is 3. The van der Waals surface area contributed by atoms with E-state index in [1.165, 1.54) is 25.3 Å². The minimum Gasteiger partial charge on any atom is -0.465 e. The van der Waals surface area contributed by atoms with E-state index in [1.54, 1.807) is 17.7 Å². The van der Waals surface area contributed by atoms with Crippen molar-refractivity contribution in [1.82, 2.24) is 14.7 Å². The van der Waals surface area contributed by atoms with Crippen LogP contribution in [0.5, 0.6) is 0 Å². The van der Waals surface area contributed by atoms with Crippen LogP contribution in [-0.2, 0) is 24.3 Å². The van der Waals surface area contributed by atoms with Crippen LogP contribution >= 0.6 is 0 Å². The van der Waals surface area contributed by atoms with Crippen molar-refractivity contribution in [1.29, 1.82) is 5.26 Å². The van der Waals surface area contributed by atoms with Gasteiger partial charge in [-0.2, -0.15) is 10.4 Å². The Labute approximate surface area is 194 Å². The van der Waals surface area contributed by atoms with E-state index in [2.05, 4.69) is 35.3 Å². The first-order valence-corrected chi connectivity index (χ1v) is 10.9. The molecule has 14 nitrogen and oxygen atoms in total. The Bertz CT molecular complexity index is 1290. The van der Waals surface area contributed by atoms with Crippen molar-refractivity contribution in [2.75, 3.05) is 24.5 Å².